The molecule has 2 N–H and O–H groups in total. The van der Waals surface area contributed by atoms with E-state index in [1.165, 1.54) is 0 Å². The number of hydrogen-bond donors (Lipinski definition) is 2. The topological polar surface area (TPSA) is 58.6 Å². The van der Waals surface area contributed by atoms with E-state index < -0.39 is 5.97 Å². The lowest BCUT2D eigenvalue weighted by Crippen LogP contribution is -2.32. The van der Waals surface area contributed by atoms with Gasteiger partial charge >= 0.3 is 5.97 Å². The monoisotopic (exact) mass is 235 g/mol. The summed E-state index contributed by atoms with van der Waals surface area (Å²) in [6.07, 6.45) is 0.878. The van der Waals surface area contributed by atoms with Crippen LogP contribution in [0.15, 0.2) is 24.3 Å². The molecule has 0 saturated heterocycles. The summed E-state index contributed by atoms with van der Waals surface area (Å²) in [7, 11) is 0. The van der Waals surface area contributed by atoms with Crippen molar-refractivity contribution in [3.8, 4) is 5.75 Å². The SMILES string of the molecule is CC(CNC1CCOc2ccccc21)C(=O)O. The molecule has 0 bridgehead atoms. The molecule has 17 heavy (non-hydrogen) atoms. The van der Waals surface area contributed by atoms with Gasteiger partial charge in [-0.2, -0.15) is 0 Å². The van der Waals surface area contributed by atoms with Crippen LogP contribution >= 0.6 is 0 Å². The van der Waals surface area contributed by atoms with E-state index >= 15 is 0 Å². The Bertz CT molecular complexity index is 405. The quantitative estimate of drug-likeness (QED) is 0.835. The first kappa shape index (κ1) is 11.9. The van der Waals surface area contributed by atoms with Gasteiger partial charge in [0.25, 0.3) is 0 Å². The van der Waals surface area contributed by atoms with Crippen LogP contribution in [0.5, 0.6) is 5.75 Å². The molecule has 0 saturated carbocycles. The van der Waals surface area contributed by atoms with Crippen molar-refractivity contribution in [1.29, 1.82) is 0 Å². The van der Waals surface area contributed by atoms with Crippen LogP contribution < -0.4 is 10.1 Å². The van der Waals surface area contributed by atoms with Gasteiger partial charge in [-0.05, 0) is 6.07 Å². The summed E-state index contributed by atoms with van der Waals surface area (Å²) in [5.74, 6) is -0.234. The Labute approximate surface area is 101 Å². The van der Waals surface area contributed by atoms with E-state index in [0.717, 1.165) is 17.7 Å². The largest absolute Gasteiger partial charge is 0.493 e. The number of carboxylic acids is 1. The highest BCUT2D eigenvalue weighted by atomic mass is 16.5. The Hall–Kier alpha value is -1.55. The lowest BCUT2D eigenvalue weighted by molar-refractivity contribution is -0.141. The second kappa shape index (κ2) is 5.19. The van der Waals surface area contributed by atoms with Gasteiger partial charge in [-0.3, -0.25) is 4.79 Å². The Balaban J connectivity index is 2.01. The molecule has 2 atom stereocenters. The summed E-state index contributed by atoms with van der Waals surface area (Å²) in [4.78, 5) is 10.8. The van der Waals surface area contributed by atoms with Gasteiger partial charge in [0.2, 0.25) is 0 Å². The second-order valence-corrected chi connectivity index (χ2v) is 4.38. The Morgan fingerprint density at radius 2 is 2.35 bits per heavy atom. The highest BCUT2D eigenvalue weighted by molar-refractivity contribution is 5.69. The standard InChI is InChI=1S/C13H17NO3/c1-9(13(15)16)8-14-11-6-7-17-12-5-3-2-4-10(11)12/h2-5,9,11,14H,6-8H2,1H3,(H,15,16). The van der Waals surface area contributed by atoms with Gasteiger partial charge in [0.15, 0.2) is 0 Å². The Kier molecular flexibility index (Phi) is 3.64. The molecular formula is C13H17NO3. The molecule has 0 amide bonds. The summed E-state index contributed by atoms with van der Waals surface area (Å²) >= 11 is 0. The predicted molar refractivity (Wildman–Crippen MR) is 64.1 cm³/mol. The van der Waals surface area contributed by atoms with Crippen LogP contribution in [0.1, 0.15) is 24.9 Å². The van der Waals surface area contributed by atoms with Crippen LogP contribution in [-0.4, -0.2) is 24.2 Å². The summed E-state index contributed by atoms with van der Waals surface area (Å²) in [5, 5.41) is 12.1. The van der Waals surface area contributed by atoms with Crippen LogP contribution in [-0.2, 0) is 4.79 Å². The molecule has 92 valence electrons. The van der Waals surface area contributed by atoms with Crippen molar-refractivity contribution in [2.45, 2.75) is 19.4 Å². The highest BCUT2D eigenvalue weighted by Crippen LogP contribution is 2.31. The van der Waals surface area contributed by atoms with Crippen LogP contribution in [0.2, 0.25) is 0 Å². The second-order valence-electron chi connectivity index (χ2n) is 4.38. The van der Waals surface area contributed by atoms with Crippen molar-refractivity contribution in [2.75, 3.05) is 13.2 Å². The normalized spacial score (nSPS) is 20.2. The van der Waals surface area contributed by atoms with Gasteiger partial charge in [-0.1, -0.05) is 25.1 Å². The van der Waals surface area contributed by atoms with Crippen molar-refractivity contribution in [3.05, 3.63) is 29.8 Å². The number of para-hydroxylation sites is 1. The number of benzene rings is 1. The lowest BCUT2D eigenvalue weighted by atomic mass is 10.00. The first-order chi connectivity index (χ1) is 8.18. The Morgan fingerprint density at radius 3 is 3.12 bits per heavy atom. The molecule has 0 fully saturated rings. The highest BCUT2D eigenvalue weighted by Gasteiger charge is 2.21. The minimum Gasteiger partial charge on any atom is -0.493 e. The number of fused-ring (bicyclic) bond motifs is 1. The summed E-state index contributed by atoms with van der Waals surface area (Å²) in [6, 6.07) is 8.09. The van der Waals surface area contributed by atoms with E-state index in [2.05, 4.69) is 5.32 Å². The van der Waals surface area contributed by atoms with E-state index in [0.29, 0.717) is 13.2 Å². The van der Waals surface area contributed by atoms with E-state index in [4.69, 9.17) is 9.84 Å². The smallest absolute Gasteiger partial charge is 0.307 e. The lowest BCUT2D eigenvalue weighted by Gasteiger charge is -2.27. The van der Waals surface area contributed by atoms with Crippen molar-refractivity contribution < 1.29 is 14.6 Å². The zero-order valence-electron chi connectivity index (χ0n) is 9.85. The summed E-state index contributed by atoms with van der Waals surface area (Å²) in [6.45, 7) is 2.87. The van der Waals surface area contributed by atoms with E-state index in [1.54, 1.807) is 6.92 Å². The molecule has 0 aliphatic carbocycles. The number of hydrogen-bond acceptors (Lipinski definition) is 3. The molecular weight excluding hydrogens is 218 g/mol. The molecule has 1 aliphatic heterocycles. The average Bonchev–Trinajstić information content (AvgIpc) is 2.35. The molecule has 4 nitrogen and oxygen atoms in total. The molecule has 1 heterocycles. The van der Waals surface area contributed by atoms with Crippen LogP contribution in [0.25, 0.3) is 0 Å². The fraction of sp³-hybridized carbons (Fsp3) is 0.462. The van der Waals surface area contributed by atoms with Crippen molar-refractivity contribution >= 4 is 5.97 Å². The number of ether oxygens (including phenoxy) is 1. The summed E-state index contributed by atoms with van der Waals surface area (Å²) < 4.78 is 5.55. The first-order valence-electron chi connectivity index (χ1n) is 5.86. The molecule has 0 radical (unpaired) electrons. The molecule has 1 aromatic carbocycles. The van der Waals surface area contributed by atoms with Crippen molar-refractivity contribution in [1.82, 2.24) is 5.32 Å². The van der Waals surface area contributed by atoms with Gasteiger partial charge in [0.05, 0.1) is 12.5 Å². The third-order valence-corrected chi connectivity index (χ3v) is 3.05. The number of carboxylic acid groups (broad SMARTS) is 1. The van der Waals surface area contributed by atoms with Gasteiger partial charge in [-0.25, -0.2) is 0 Å². The van der Waals surface area contributed by atoms with E-state index in [-0.39, 0.29) is 12.0 Å². The molecule has 1 aromatic rings. The maximum atomic E-state index is 10.8. The number of aliphatic carboxylic acids is 1. The minimum absolute atomic E-state index is 0.196. The number of rotatable bonds is 4. The molecule has 0 spiro atoms. The van der Waals surface area contributed by atoms with Crippen LogP contribution in [0.4, 0.5) is 0 Å². The van der Waals surface area contributed by atoms with Gasteiger partial charge < -0.3 is 15.2 Å². The third kappa shape index (κ3) is 2.77. The number of carbonyl (C=O) groups is 1. The van der Waals surface area contributed by atoms with Gasteiger partial charge in [-0.15, -0.1) is 0 Å². The van der Waals surface area contributed by atoms with E-state index in [9.17, 15) is 4.79 Å². The maximum absolute atomic E-state index is 10.8. The number of nitrogens with one attached hydrogen (secondary N) is 1. The molecule has 0 aromatic heterocycles. The average molecular weight is 235 g/mol. The zero-order valence-corrected chi connectivity index (χ0v) is 9.85. The van der Waals surface area contributed by atoms with Crippen molar-refractivity contribution in [3.63, 3.8) is 0 Å². The fourth-order valence-corrected chi connectivity index (χ4v) is 1.96. The van der Waals surface area contributed by atoms with Gasteiger partial charge in [0, 0.05) is 24.6 Å². The zero-order chi connectivity index (χ0) is 12.3. The van der Waals surface area contributed by atoms with Crippen molar-refractivity contribution in [2.24, 2.45) is 5.92 Å². The molecule has 1 aliphatic rings. The third-order valence-electron chi connectivity index (χ3n) is 3.05. The maximum Gasteiger partial charge on any atom is 0.307 e. The molecule has 2 unspecified atom stereocenters. The molecule has 2 rings (SSSR count). The summed E-state index contributed by atoms with van der Waals surface area (Å²) in [5.41, 5.74) is 1.12. The molecule has 4 heteroatoms. The minimum atomic E-state index is -0.766. The van der Waals surface area contributed by atoms with Gasteiger partial charge in [0.1, 0.15) is 5.75 Å². The Morgan fingerprint density at radius 1 is 1.59 bits per heavy atom. The van der Waals surface area contributed by atoms with E-state index in [1.807, 2.05) is 24.3 Å². The predicted octanol–water partition coefficient (Wildman–Crippen LogP) is 1.82. The van der Waals surface area contributed by atoms with Crippen LogP contribution in [0, 0.1) is 5.92 Å². The fourth-order valence-electron chi connectivity index (χ4n) is 1.96. The van der Waals surface area contributed by atoms with Crippen LogP contribution in [0.3, 0.4) is 0 Å². The first-order valence-corrected chi connectivity index (χ1v) is 5.86.